The fraction of sp³-hybridized carbons (Fsp3) is 0.467. The average molecular weight is 277 g/mol. The lowest BCUT2D eigenvalue weighted by Gasteiger charge is -2.15. The van der Waals surface area contributed by atoms with Gasteiger partial charge in [-0.2, -0.15) is 0 Å². The maximum absolute atomic E-state index is 12.0. The second-order valence-electron chi connectivity index (χ2n) is 5.06. The summed E-state index contributed by atoms with van der Waals surface area (Å²) in [6, 6.07) is 9.42. The van der Waals surface area contributed by atoms with Crippen LogP contribution in [0, 0.1) is 11.8 Å². The standard InChI is InChI=1S/C15H19NO4/c1-2-12-8-16(9-13(12)14(17)18)15(19)20-10-11-6-4-3-5-7-11/h3-7,12-13H,2,8-10H2,1H3,(H,17,18)/t12-,13?/m1/s1. The molecule has 1 aliphatic heterocycles. The van der Waals surface area contributed by atoms with Crippen LogP contribution in [0.2, 0.25) is 0 Å². The second-order valence-corrected chi connectivity index (χ2v) is 5.06. The monoisotopic (exact) mass is 277 g/mol. The van der Waals surface area contributed by atoms with Crippen LogP contribution in [0.4, 0.5) is 4.79 Å². The van der Waals surface area contributed by atoms with E-state index in [2.05, 4.69) is 0 Å². The molecular formula is C15H19NO4. The molecule has 5 heteroatoms. The zero-order valence-electron chi connectivity index (χ0n) is 11.5. The van der Waals surface area contributed by atoms with Gasteiger partial charge in [0.1, 0.15) is 6.61 Å². The van der Waals surface area contributed by atoms with Gasteiger partial charge in [-0.1, -0.05) is 43.7 Å². The number of hydrogen-bond acceptors (Lipinski definition) is 3. The minimum Gasteiger partial charge on any atom is -0.481 e. The maximum atomic E-state index is 12.0. The first-order chi connectivity index (χ1) is 9.61. The molecule has 1 N–H and O–H groups in total. The predicted octanol–water partition coefficient (Wildman–Crippen LogP) is 2.37. The number of carbonyl (C=O) groups excluding carboxylic acids is 1. The van der Waals surface area contributed by atoms with Crippen LogP contribution in [0.1, 0.15) is 18.9 Å². The molecule has 2 atom stereocenters. The molecule has 0 saturated carbocycles. The zero-order valence-corrected chi connectivity index (χ0v) is 11.5. The van der Waals surface area contributed by atoms with Crippen LogP contribution < -0.4 is 0 Å². The van der Waals surface area contributed by atoms with Gasteiger partial charge in [-0.3, -0.25) is 4.79 Å². The van der Waals surface area contributed by atoms with Gasteiger partial charge in [0.2, 0.25) is 0 Å². The smallest absolute Gasteiger partial charge is 0.410 e. The lowest BCUT2D eigenvalue weighted by Crippen LogP contribution is -2.30. The number of carboxylic acid groups (broad SMARTS) is 1. The number of ether oxygens (including phenoxy) is 1. The average Bonchev–Trinajstić information content (AvgIpc) is 2.90. The van der Waals surface area contributed by atoms with Crippen molar-refractivity contribution in [3.63, 3.8) is 0 Å². The summed E-state index contributed by atoms with van der Waals surface area (Å²) in [6.07, 6.45) is 0.315. The molecule has 1 saturated heterocycles. The summed E-state index contributed by atoms with van der Waals surface area (Å²) >= 11 is 0. The molecule has 1 aromatic rings. The molecule has 1 amide bonds. The number of amides is 1. The van der Waals surface area contributed by atoms with Crippen molar-refractivity contribution >= 4 is 12.1 Å². The fourth-order valence-electron chi connectivity index (χ4n) is 2.52. The van der Waals surface area contributed by atoms with E-state index in [0.717, 1.165) is 12.0 Å². The number of carboxylic acids is 1. The van der Waals surface area contributed by atoms with Gasteiger partial charge in [0.25, 0.3) is 0 Å². The normalized spacial score (nSPS) is 21.8. The Kier molecular flexibility index (Phi) is 4.61. The Hall–Kier alpha value is -2.04. The van der Waals surface area contributed by atoms with Gasteiger partial charge in [0.15, 0.2) is 0 Å². The number of benzene rings is 1. The van der Waals surface area contributed by atoms with Crippen LogP contribution >= 0.6 is 0 Å². The van der Waals surface area contributed by atoms with E-state index in [4.69, 9.17) is 9.84 Å². The SMILES string of the molecule is CC[C@@H]1CN(C(=O)OCc2ccccc2)CC1C(=O)O. The van der Waals surface area contributed by atoms with Gasteiger partial charge in [-0.25, -0.2) is 4.79 Å². The summed E-state index contributed by atoms with van der Waals surface area (Å²) in [5.41, 5.74) is 0.918. The highest BCUT2D eigenvalue weighted by Gasteiger charge is 2.39. The molecule has 1 heterocycles. The largest absolute Gasteiger partial charge is 0.481 e. The first-order valence-corrected chi connectivity index (χ1v) is 6.80. The minimum atomic E-state index is -0.838. The highest BCUT2D eigenvalue weighted by molar-refractivity contribution is 5.74. The molecule has 108 valence electrons. The molecule has 1 aliphatic rings. The highest BCUT2D eigenvalue weighted by Crippen LogP contribution is 2.26. The fourth-order valence-corrected chi connectivity index (χ4v) is 2.52. The second kappa shape index (κ2) is 6.41. The van der Waals surface area contributed by atoms with Gasteiger partial charge >= 0.3 is 12.1 Å². The minimum absolute atomic E-state index is 0.0109. The summed E-state index contributed by atoms with van der Waals surface area (Å²) in [5, 5.41) is 9.14. The van der Waals surface area contributed by atoms with Gasteiger partial charge in [0, 0.05) is 13.1 Å². The van der Waals surface area contributed by atoms with Gasteiger partial charge in [-0.05, 0) is 11.5 Å². The number of hydrogen-bond donors (Lipinski definition) is 1. The lowest BCUT2D eigenvalue weighted by atomic mass is 9.94. The van der Waals surface area contributed by atoms with E-state index in [0.29, 0.717) is 6.54 Å². The Morgan fingerprint density at radius 2 is 2.00 bits per heavy atom. The summed E-state index contributed by atoms with van der Waals surface area (Å²) in [6.45, 7) is 2.85. The van der Waals surface area contributed by atoms with E-state index in [1.54, 1.807) is 0 Å². The molecule has 1 unspecified atom stereocenters. The molecule has 0 aliphatic carbocycles. The summed E-state index contributed by atoms with van der Waals surface area (Å²) < 4.78 is 5.23. The van der Waals surface area contributed by atoms with E-state index in [9.17, 15) is 9.59 Å². The molecular weight excluding hydrogens is 258 g/mol. The van der Waals surface area contributed by atoms with Crippen molar-refractivity contribution in [1.82, 2.24) is 4.90 Å². The molecule has 0 bridgehead atoms. The van der Waals surface area contributed by atoms with E-state index in [1.807, 2.05) is 37.3 Å². The van der Waals surface area contributed by atoms with Gasteiger partial charge < -0.3 is 14.7 Å². The third kappa shape index (κ3) is 3.29. The van der Waals surface area contributed by atoms with Crippen molar-refractivity contribution in [2.75, 3.05) is 13.1 Å². The van der Waals surface area contributed by atoms with Crippen molar-refractivity contribution in [1.29, 1.82) is 0 Å². The molecule has 20 heavy (non-hydrogen) atoms. The van der Waals surface area contributed by atoms with Crippen LogP contribution in [0.5, 0.6) is 0 Å². The Morgan fingerprint density at radius 3 is 2.55 bits per heavy atom. The number of rotatable bonds is 4. The van der Waals surface area contributed by atoms with E-state index in [-0.39, 0.29) is 19.1 Å². The van der Waals surface area contributed by atoms with Crippen LogP contribution in [0.25, 0.3) is 0 Å². The molecule has 2 rings (SSSR count). The number of nitrogens with zero attached hydrogens (tertiary/aromatic N) is 1. The molecule has 0 radical (unpaired) electrons. The van der Waals surface area contributed by atoms with E-state index in [1.165, 1.54) is 4.90 Å². The number of likely N-dealkylation sites (tertiary alicyclic amines) is 1. The van der Waals surface area contributed by atoms with Gasteiger partial charge in [-0.15, -0.1) is 0 Å². The third-order valence-corrected chi connectivity index (χ3v) is 3.75. The zero-order chi connectivity index (χ0) is 14.5. The van der Waals surface area contributed by atoms with Crippen molar-refractivity contribution in [2.45, 2.75) is 20.0 Å². The molecule has 5 nitrogen and oxygen atoms in total. The predicted molar refractivity (Wildman–Crippen MR) is 73.1 cm³/mol. The Morgan fingerprint density at radius 1 is 1.30 bits per heavy atom. The van der Waals surface area contributed by atoms with E-state index < -0.39 is 18.0 Å². The van der Waals surface area contributed by atoms with E-state index >= 15 is 0 Å². The lowest BCUT2D eigenvalue weighted by molar-refractivity contribution is -0.142. The van der Waals surface area contributed by atoms with Crippen LogP contribution in [-0.4, -0.2) is 35.2 Å². The van der Waals surface area contributed by atoms with Crippen molar-refractivity contribution in [3.8, 4) is 0 Å². The first-order valence-electron chi connectivity index (χ1n) is 6.80. The summed E-state index contributed by atoms with van der Waals surface area (Å²) in [7, 11) is 0. The summed E-state index contributed by atoms with van der Waals surface area (Å²) in [4.78, 5) is 24.6. The van der Waals surface area contributed by atoms with Crippen LogP contribution in [0.3, 0.4) is 0 Å². The quantitative estimate of drug-likeness (QED) is 0.917. The van der Waals surface area contributed by atoms with Crippen LogP contribution in [0.15, 0.2) is 30.3 Å². The molecule has 0 spiro atoms. The molecule has 1 fully saturated rings. The van der Waals surface area contributed by atoms with Gasteiger partial charge in [0.05, 0.1) is 5.92 Å². The Bertz CT molecular complexity index is 474. The first kappa shape index (κ1) is 14.4. The Labute approximate surface area is 118 Å². The topological polar surface area (TPSA) is 66.8 Å². The summed E-state index contributed by atoms with van der Waals surface area (Å²) in [5.74, 6) is -1.31. The van der Waals surface area contributed by atoms with Crippen molar-refractivity contribution < 1.29 is 19.4 Å². The number of aliphatic carboxylic acids is 1. The molecule has 0 aromatic heterocycles. The van der Waals surface area contributed by atoms with Crippen LogP contribution in [-0.2, 0) is 16.1 Å². The van der Waals surface area contributed by atoms with Crippen molar-refractivity contribution in [3.05, 3.63) is 35.9 Å². The maximum Gasteiger partial charge on any atom is 0.410 e. The Balaban J connectivity index is 1.89. The third-order valence-electron chi connectivity index (χ3n) is 3.75. The molecule has 1 aromatic carbocycles. The highest BCUT2D eigenvalue weighted by atomic mass is 16.6. The number of carbonyl (C=O) groups is 2. The van der Waals surface area contributed by atoms with Crippen molar-refractivity contribution in [2.24, 2.45) is 11.8 Å².